The van der Waals surface area contributed by atoms with Gasteiger partial charge < -0.3 is 9.67 Å². The van der Waals surface area contributed by atoms with E-state index in [2.05, 4.69) is 9.67 Å². The second-order valence-corrected chi connectivity index (χ2v) is 5.27. The molecule has 0 spiro atoms. The van der Waals surface area contributed by atoms with Crippen LogP contribution in [0.3, 0.4) is 0 Å². The highest BCUT2D eigenvalue weighted by Crippen LogP contribution is 2.23. The van der Waals surface area contributed by atoms with Crippen LogP contribution in [0.4, 0.5) is 0 Å². The third kappa shape index (κ3) is 2.54. The maximum Gasteiger partial charge on any atom is 0.307 e. The van der Waals surface area contributed by atoms with Crippen molar-refractivity contribution >= 4 is 16.9 Å². The van der Waals surface area contributed by atoms with Crippen LogP contribution >= 0.6 is 0 Å². The molecular weight excluding hydrogens is 266 g/mol. The van der Waals surface area contributed by atoms with E-state index >= 15 is 0 Å². The van der Waals surface area contributed by atoms with Crippen molar-refractivity contribution in [3.63, 3.8) is 0 Å². The zero-order valence-electron chi connectivity index (χ0n) is 12.1. The van der Waals surface area contributed by atoms with Gasteiger partial charge in [0.1, 0.15) is 0 Å². The largest absolute Gasteiger partial charge is 0.481 e. The number of nitrogens with zero attached hydrogens (tertiary/aromatic N) is 3. The summed E-state index contributed by atoms with van der Waals surface area (Å²) in [5.74, 6) is -0.811. The van der Waals surface area contributed by atoms with Crippen molar-refractivity contribution in [1.29, 1.82) is 0 Å². The highest BCUT2D eigenvalue weighted by molar-refractivity contribution is 5.87. The molecule has 0 radical (unpaired) electrons. The minimum Gasteiger partial charge on any atom is -0.481 e. The zero-order chi connectivity index (χ0) is 15.0. The average Bonchev–Trinajstić information content (AvgIpc) is 2.91. The van der Waals surface area contributed by atoms with Crippen LogP contribution in [-0.2, 0) is 24.8 Å². The lowest BCUT2D eigenvalue weighted by atomic mass is 10.1. The summed E-state index contributed by atoms with van der Waals surface area (Å²) in [7, 11) is 1.92. The lowest BCUT2D eigenvalue weighted by Gasteiger charge is -2.05. The first-order chi connectivity index (χ1) is 10.0. The fraction of sp³-hybridized carbons (Fsp3) is 0.250. The minimum absolute atomic E-state index is 0.0396. The van der Waals surface area contributed by atoms with Crippen LogP contribution in [0.1, 0.15) is 17.0 Å². The lowest BCUT2D eigenvalue weighted by Crippen LogP contribution is -2.04. The quantitative estimate of drug-likeness (QED) is 0.799. The topological polar surface area (TPSA) is 60.1 Å². The van der Waals surface area contributed by atoms with Gasteiger partial charge in [-0.3, -0.25) is 9.48 Å². The molecule has 0 aliphatic rings. The van der Waals surface area contributed by atoms with Gasteiger partial charge in [0.25, 0.3) is 0 Å². The van der Waals surface area contributed by atoms with E-state index in [1.54, 1.807) is 0 Å². The molecule has 21 heavy (non-hydrogen) atoms. The van der Waals surface area contributed by atoms with E-state index in [4.69, 9.17) is 5.11 Å². The number of aliphatic carboxylic acids is 1. The van der Waals surface area contributed by atoms with Crippen molar-refractivity contribution < 1.29 is 9.90 Å². The Morgan fingerprint density at radius 1 is 1.33 bits per heavy atom. The molecule has 0 amide bonds. The van der Waals surface area contributed by atoms with Gasteiger partial charge in [0.05, 0.1) is 24.4 Å². The maximum absolute atomic E-state index is 11.0. The Balaban J connectivity index is 2.06. The number of fused-ring (bicyclic) bond motifs is 1. The number of rotatable bonds is 4. The van der Waals surface area contributed by atoms with Gasteiger partial charge in [-0.2, -0.15) is 5.10 Å². The molecule has 0 bridgehead atoms. The number of benzene rings is 1. The number of carboxylic acids is 1. The highest BCUT2D eigenvalue weighted by Gasteiger charge is 2.12. The first-order valence-corrected chi connectivity index (χ1v) is 6.82. The number of carboxylic acid groups (broad SMARTS) is 1. The van der Waals surface area contributed by atoms with E-state index in [1.165, 1.54) is 0 Å². The van der Waals surface area contributed by atoms with Gasteiger partial charge in [0.2, 0.25) is 0 Å². The smallest absolute Gasteiger partial charge is 0.307 e. The summed E-state index contributed by atoms with van der Waals surface area (Å²) in [5.41, 5.74) is 3.97. The molecule has 0 aliphatic heterocycles. The van der Waals surface area contributed by atoms with Crippen molar-refractivity contribution in [3.05, 3.63) is 53.5 Å². The molecule has 108 valence electrons. The standard InChI is InChI=1S/C16H17N3O2/c1-11-7-13(18(2)17-11)10-19-9-12(8-16(20)21)14-5-3-4-6-15(14)19/h3-7,9H,8,10H2,1-2H3,(H,20,21). The molecule has 5 nitrogen and oxygen atoms in total. The van der Waals surface area contributed by atoms with Crippen LogP contribution in [0.25, 0.3) is 10.9 Å². The molecule has 0 saturated carbocycles. The van der Waals surface area contributed by atoms with Crippen molar-refractivity contribution in [1.82, 2.24) is 14.3 Å². The van der Waals surface area contributed by atoms with E-state index in [-0.39, 0.29) is 6.42 Å². The third-order valence-electron chi connectivity index (χ3n) is 3.64. The second kappa shape index (κ2) is 5.09. The maximum atomic E-state index is 11.0. The van der Waals surface area contributed by atoms with Crippen LogP contribution in [0, 0.1) is 6.92 Å². The summed E-state index contributed by atoms with van der Waals surface area (Å²) in [6.45, 7) is 2.64. The summed E-state index contributed by atoms with van der Waals surface area (Å²) in [6.07, 6.45) is 1.97. The van der Waals surface area contributed by atoms with Gasteiger partial charge in [-0.15, -0.1) is 0 Å². The summed E-state index contributed by atoms with van der Waals surface area (Å²) in [4.78, 5) is 11.0. The average molecular weight is 283 g/mol. The Morgan fingerprint density at radius 3 is 2.76 bits per heavy atom. The molecule has 3 aromatic rings. The normalized spacial score (nSPS) is 11.1. The predicted molar refractivity (Wildman–Crippen MR) is 80.3 cm³/mol. The molecule has 0 saturated heterocycles. The molecule has 2 aromatic heterocycles. The van der Waals surface area contributed by atoms with E-state index in [0.29, 0.717) is 6.54 Å². The monoisotopic (exact) mass is 283 g/mol. The Hall–Kier alpha value is -2.56. The molecule has 5 heteroatoms. The third-order valence-corrected chi connectivity index (χ3v) is 3.64. The highest BCUT2D eigenvalue weighted by atomic mass is 16.4. The number of hydrogen-bond acceptors (Lipinski definition) is 2. The molecule has 0 unspecified atom stereocenters. The predicted octanol–water partition coefficient (Wildman–Crippen LogP) is 2.36. The summed E-state index contributed by atoms with van der Waals surface area (Å²) in [5, 5.41) is 14.4. The molecule has 1 aromatic carbocycles. The van der Waals surface area contributed by atoms with E-state index in [1.807, 2.05) is 55.2 Å². The van der Waals surface area contributed by atoms with Crippen molar-refractivity contribution in [2.75, 3.05) is 0 Å². The molecule has 2 heterocycles. The van der Waals surface area contributed by atoms with Gasteiger partial charge in [0, 0.05) is 24.1 Å². The molecule has 1 N–H and O–H groups in total. The first-order valence-electron chi connectivity index (χ1n) is 6.82. The van der Waals surface area contributed by atoms with E-state index in [9.17, 15) is 4.79 Å². The molecular formula is C16H17N3O2. The Bertz CT molecular complexity index is 814. The van der Waals surface area contributed by atoms with Crippen LogP contribution < -0.4 is 0 Å². The fourth-order valence-electron chi connectivity index (χ4n) is 2.74. The number of carbonyl (C=O) groups is 1. The molecule has 0 atom stereocenters. The van der Waals surface area contributed by atoms with Crippen molar-refractivity contribution in [2.45, 2.75) is 19.9 Å². The minimum atomic E-state index is -0.811. The van der Waals surface area contributed by atoms with Crippen LogP contribution in [0.15, 0.2) is 36.5 Å². The Labute approximate surface area is 122 Å². The Morgan fingerprint density at radius 2 is 2.10 bits per heavy atom. The van der Waals surface area contributed by atoms with Gasteiger partial charge in [-0.1, -0.05) is 18.2 Å². The summed E-state index contributed by atoms with van der Waals surface area (Å²) >= 11 is 0. The van der Waals surface area contributed by atoms with Gasteiger partial charge in [-0.05, 0) is 24.6 Å². The van der Waals surface area contributed by atoms with Gasteiger partial charge >= 0.3 is 5.97 Å². The zero-order valence-corrected chi connectivity index (χ0v) is 12.1. The first kappa shape index (κ1) is 13.4. The van der Waals surface area contributed by atoms with E-state index < -0.39 is 5.97 Å². The molecule has 3 rings (SSSR count). The summed E-state index contributed by atoms with van der Waals surface area (Å²) < 4.78 is 3.95. The van der Waals surface area contributed by atoms with Crippen molar-refractivity contribution in [3.8, 4) is 0 Å². The van der Waals surface area contributed by atoms with E-state index in [0.717, 1.165) is 27.9 Å². The van der Waals surface area contributed by atoms with Gasteiger partial charge in [0.15, 0.2) is 0 Å². The van der Waals surface area contributed by atoms with Crippen LogP contribution in [0.5, 0.6) is 0 Å². The van der Waals surface area contributed by atoms with Gasteiger partial charge in [-0.25, -0.2) is 0 Å². The number of aromatic nitrogens is 3. The second-order valence-electron chi connectivity index (χ2n) is 5.27. The molecule has 0 fully saturated rings. The SMILES string of the molecule is Cc1cc(Cn2cc(CC(=O)O)c3ccccc32)n(C)n1. The van der Waals surface area contributed by atoms with Crippen molar-refractivity contribution in [2.24, 2.45) is 7.05 Å². The lowest BCUT2D eigenvalue weighted by molar-refractivity contribution is -0.136. The van der Waals surface area contributed by atoms with Crippen LogP contribution in [-0.4, -0.2) is 25.4 Å². The fourth-order valence-corrected chi connectivity index (χ4v) is 2.74. The number of hydrogen-bond donors (Lipinski definition) is 1. The molecule has 0 aliphatic carbocycles. The summed E-state index contributed by atoms with van der Waals surface area (Å²) in [6, 6.07) is 9.94. The number of para-hydroxylation sites is 1. The van der Waals surface area contributed by atoms with Crippen LogP contribution in [0.2, 0.25) is 0 Å². The number of aryl methyl sites for hydroxylation is 2. The Kier molecular flexibility index (Phi) is 3.25.